The highest BCUT2D eigenvalue weighted by Gasteiger charge is 2.43. The fourth-order valence-corrected chi connectivity index (χ4v) is 2.65. The van der Waals surface area contributed by atoms with E-state index in [0.717, 1.165) is 18.4 Å². The zero-order chi connectivity index (χ0) is 15.4. The minimum atomic E-state index is 0.00952. The lowest BCUT2D eigenvalue weighted by Crippen LogP contribution is -2.20. The van der Waals surface area contributed by atoms with Crippen molar-refractivity contribution in [3.05, 3.63) is 71.3 Å². The average molecular weight is 292 g/mol. The van der Waals surface area contributed by atoms with E-state index in [9.17, 15) is 4.79 Å². The van der Waals surface area contributed by atoms with Crippen LogP contribution in [0.25, 0.3) is 0 Å². The summed E-state index contributed by atoms with van der Waals surface area (Å²) in [7, 11) is 0. The van der Waals surface area contributed by atoms with Gasteiger partial charge in [0.1, 0.15) is 0 Å². The minimum Gasteiger partial charge on any atom is -0.273 e. The highest BCUT2D eigenvalue weighted by atomic mass is 16.2. The van der Waals surface area contributed by atoms with Gasteiger partial charge in [0.05, 0.1) is 6.21 Å². The van der Waals surface area contributed by atoms with Gasteiger partial charge in [-0.3, -0.25) is 4.79 Å². The van der Waals surface area contributed by atoms with E-state index < -0.39 is 0 Å². The van der Waals surface area contributed by atoms with Crippen molar-refractivity contribution in [2.24, 2.45) is 11.0 Å². The first-order valence-corrected chi connectivity index (χ1v) is 7.74. The van der Waals surface area contributed by atoms with E-state index >= 15 is 0 Å². The summed E-state index contributed by atoms with van der Waals surface area (Å²) in [5.41, 5.74) is 6.18. The van der Waals surface area contributed by atoms with Crippen molar-refractivity contribution >= 4 is 12.1 Å². The molecule has 112 valence electrons. The second kappa shape index (κ2) is 6.56. The highest BCUT2D eigenvalue weighted by molar-refractivity contribution is 5.85. The number of hydrogen-bond donors (Lipinski definition) is 1. The lowest BCUT2D eigenvalue weighted by atomic mass is 10.1. The largest absolute Gasteiger partial charge is 0.273 e. The maximum atomic E-state index is 12.1. The van der Waals surface area contributed by atoms with Crippen LogP contribution in [0.1, 0.15) is 36.0 Å². The average Bonchev–Trinajstić information content (AvgIpc) is 3.37. The van der Waals surface area contributed by atoms with E-state index in [1.165, 1.54) is 11.1 Å². The summed E-state index contributed by atoms with van der Waals surface area (Å²) in [6, 6.07) is 18.4. The molecule has 2 unspecified atom stereocenters. The van der Waals surface area contributed by atoms with E-state index in [1.54, 1.807) is 6.21 Å². The van der Waals surface area contributed by atoms with Gasteiger partial charge in [-0.05, 0) is 35.4 Å². The number of hydrazone groups is 1. The van der Waals surface area contributed by atoms with Crippen molar-refractivity contribution in [2.45, 2.75) is 25.7 Å². The Balaban J connectivity index is 1.51. The lowest BCUT2D eigenvalue weighted by Gasteiger charge is -2.00. The number of carbonyl (C=O) groups excluding carboxylic acids is 1. The van der Waals surface area contributed by atoms with E-state index in [1.807, 2.05) is 30.3 Å². The molecule has 0 bridgehead atoms. The van der Waals surface area contributed by atoms with Crippen molar-refractivity contribution < 1.29 is 4.79 Å². The molecule has 0 radical (unpaired) electrons. The molecule has 0 saturated heterocycles. The molecule has 3 heteroatoms. The van der Waals surface area contributed by atoms with Gasteiger partial charge in [-0.2, -0.15) is 5.10 Å². The number of benzene rings is 2. The smallest absolute Gasteiger partial charge is 0.243 e. The van der Waals surface area contributed by atoms with Crippen molar-refractivity contribution in [1.29, 1.82) is 0 Å². The van der Waals surface area contributed by atoms with Gasteiger partial charge in [0, 0.05) is 5.92 Å². The summed E-state index contributed by atoms with van der Waals surface area (Å²) < 4.78 is 0. The van der Waals surface area contributed by atoms with Crippen LogP contribution in [0.5, 0.6) is 0 Å². The number of carbonyl (C=O) groups is 1. The van der Waals surface area contributed by atoms with Gasteiger partial charge in [0.2, 0.25) is 5.91 Å². The molecule has 0 heterocycles. The standard InChI is InChI=1S/C19H20N2O/c1-2-14-8-10-15(11-9-14)13-20-21-19(22)18-12-17(18)16-6-4-3-5-7-16/h3-11,13,17-18H,2,12H2,1H3,(H,21,22). The van der Waals surface area contributed by atoms with E-state index in [2.05, 4.69) is 41.7 Å². The molecule has 22 heavy (non-hydrogen) atoms. The number of aryl methyl sites for hydroxylation is 1. The number of amides is 1. The van der Waals surface area contributed by atoms with E-state index in [4.69, 9.17) is 0 Å². The Morgan fingerprint density at radius 3 is 2.59 bits per heavy atom. The van der Waals surface area contributed by atoms with Crippen LogP contribution in [-0.2, 0) is 11.2 Å². The minimum absolute atomic E-state index is 0.00952. The van der Waals surface area contributed by atoms with Gasteiger partial charge < -0.3 is 0 Å². The first-order valence-electron chi connectivity index (χ1n) is 7.74. The second-order valence-corrected chi connectivity index (χ2v) is 5.69. The van der Waals surface area contributed by atoms with Crippen LogP contribution in [0.15, 0.2) is 59.7 Å². The Hall–Kier alpha value is -2.42. The second-order valence-electron chi connectivity index (χ2n) is 5.69. The summed E-state index contributed by atoms with van der Waals surface area (Å²) in [4.78, 5) is 12.1. The lowest BCUT2D eigenvalue weighted by molar-refractivity contribution is -0.122. The zero-order valence-electron chi connectivity index (χ0n) is 12.7. The quantitative estimate of drug-likeness (QED) is 0.665. The normalized spacial score (nSPS) is 20.0. The maximum absolute atomic E-state index is 12.1. The summed E-state index contributed by atoms with van der Waals surface area (Å²) in [5.74, 6) is 0.414. The third-order valence-electron chi connectivity index (χ3n) is 4.13. The van der Waals surface area contributed by atoms with Crippen molar-refractivity contribution in [1.82, 2.24) is 5.43 Å². The Morgan fingerprint density at radius 2 is 1.91 bits per heavy atom. The number of nitrogens with one attached hydrogen (secondary N) is 1. The summed E-state index contributed by atoms with van der Waals surface area (Å²) in [5, 5.41) is 4.06. The van der Waals surface area contributed by atoms with Crippen LogP contribution in [0.3, 0.4) is 0 Å². The third kappa shape index (κ3) is 3.42. The molecule has 1 aliphatic carbocycles. The van der Waals surface area contributed by atoms with Crippen molar-refractivity contribution in [3.8, 4) is 0 Å². The summed E-state index contributed by atoms with van der Waals surface area (Å²) >= 11 is 0. The Labute approximate surface area is 131 Å². The highest BCUT2D eigenvalue weighted by Crippen LogP contribution is 2.47. The van der Waals surface area contributed by atoms with Crippen LogP contribution < -0.4 is 5.43 Å². The molecule has 1 amide bonds. The molecule has 3 rings (SSSR count). The van der Waals surface area contributed by atoms with Gasteiger partial charge in [-0.15, -0.1) is 0 Å². The molecule has 1 aliphatic rings. The Morgan fingerprint density at radius 1 is 1.18 bits per heavy atom. The Kier molecular flexibility index (Phi) is 4.33. The first-order chi connectivity index (χ1) is 10.8. The number of nitrogens with zero attached hydrogens (tertiary/aromatic N) is 1. The van der Waals surface area contributed by atoms with E-state index in [-0.39, 0.29) is 11.8 Å². The molecule has 0 aliphatic heterocycles. The van der Waals surface area contributed by atoms with Gasteiger partial charge in [0.15, 0.2) is 0 Å². The summed E-state index contributed by atoms with van der Waals surface area (Å²) in [6.07, 6.45) is 3.63. The SMILES string of the molecule is CCc1ccc(C=NNC(=O)C2CC2c2ccccc2)cc1. The number of hydrogen-bond acceptors (Lipinski definition) is 2. The topological polar surface area (TPSA) is 41.5 Å². The van der Waals surface area contributed by atoms with Crippen LogP contribution in [0, 0.1) is 5.92 Å². The molecule has 1 fully saturated rings. The molecule has 2 atom stereocenters. The predicted octanol–water partition coefficient (Wildman–Crippen LogP) is 3.50. The molecule has 1 saturated carbocycles. The molecule has 1 N–H and O–H groups in total. The van der Waals surface area contributed by atoms with Crippen LogP contribution in [0.4, 0.5) is 0 Å². The third-order valence-corrected chi connectivity index (χ3v) is 4.13. The monoisotopic (exact) mass is 292 g/mol. The van der Waals surface area contributed by atoms with Gasteiger partial charge >= 0.3 is 0 Å². The van der Waals surface area contributed by atoms with Crippen molar-refractivity contribution in [2.75, 3.05) is 0 Å². The Bertz CT molecular complexity index is 662. The van der Waals surface area contributed by atoms with E-state index in [0.29, 0.717) is 5.92 Å². The first kappa shape index (κ1) is 14.5. The fraction of sp³-hybridized carbons (Fsp3) is 0.263. The van der Waals surface area contributed by atoms with Crippen molar-refractivity contribution in [3.63, 3.8) is 0 Å². The molecular formula is C19H20N2O. The van der Waals surface area contributed by atoms with Gasteiger partial charge in [-0.1, -0.05) is 61.5 Å². The molecular weight excluding hydrogens is 272 g/mol. The molecule has 3 nitrogen and oxygen atoms in total. The van der Waals surface area contributed by atoms with Crippen LogP contribution in [0.2, 0.25) is 0 Å². The number of rotatable bonds is 5. The maximum Gasteiger partial charge on any atom is 0.243 e. The predicted molar refractivity (Wildman–Crippen MR) is 88.8 cm³/mol. The summed E-state index contributed by atoms with van der Waals surface area (Å²) in [6.45, 7) is 2.13. The van der Waals surface area contributed by atoms with Crippen LogP contribution >= 0.6 is 0 Å². The van der Waals surface area contributed by atoms with Crippen LogP contribution in [-0.4, -0.2) is 12.1 Å². The molecule has 2 aromatic rings. The van der Waals surface area contributed by atoms with Gasteiger partial charge in [-0.25, -0.2) is 5.43 Å². The van der Waals surface area contributed by atoms with Gasteiger partial charge in [0.25, 0.3) is 0 Å². The molecule has 2 aromatic carbocycles. The molecule has 0 aromatic heterocycles. The molecule has 0 spiro atoms. The zero-order valence-corrected chi connectivity index (χ0v) is 12.7. The fourth-order valence-electron chi connectivity index (χ4n) is 2.65.